The average Bonchev–Trinajstić information content (AvgIpc) is 2.28. The maximum atomic E-state index is 11.7. The Hall–Kier alpha value is -1.26. The molecule has 16 heavy (non-hydrogen) atoms. The molecule has 0 aliphatic rings. The zero-order valence-corrected chi connectivity index (χ0v) is 9.88. The van der Waals surface area contributed by atoms with Crippen LogP contribution in [0.25, 0.3) is 0 Å². The van der Waals surface area contributed by atoms with Gasteiger partial charge in [0.25, 0.3) is 5.91 Å². The first-order valence-corrected chi connectivity index (χ1v) is 5.35. The zero-order valence-electron chi connectivity index (χ0n) is 9.13. The average molecular weight is 243 g/mol. The highest BCUT2D eigenvalue weighted by molar-refractivity contribution is 6.36. The second-order valence-electron chi connectivity index (χ2n) is 3.31. The van der Waals surface area contributed by atoms with Crippen molar-refractivity contribution in [3.63, 3.8) is 0 Å². The third kappa shape index (κ3) is 3.40. The van der Waals surface area contributed by atoms with Gasteiger partial charge in [-0.3, -0.25) is 4.79 Å². The van der Waals surface area contributed by atoms with Gasteiger partial charge in [0.1, 0.15) is 0 Å². The van der Waals surface area contributed by atoms with E-state index in [1.165, 1.54) is 0 Å². The van der Waals surface area contributed by atoms with Crippen molar-refractivity contribution in [3.05, 3.63) is 28.8 Å². The van der Waals surface area contributed by atoms with Gasteiger partial charge >= 0.3 is 0 Å². The molecule has 0 aliphatic heterocycles. The van der Waals surface area contributed by atoms with Crippen LogP contribution in [0, 0.1) is 0 Å². The molecule has 0 heterocycles. The first-order chi connectivity index (χ1) is 7.66. The van der Waals surface area contributed by atoms with E-state index in [1.807, 2.05) is 0 Å². The maximum absolute atomic E-state index is 11.7. The summed E-state index contributed by atoms with van der Waals surface area (Å²) < 4.78 is 4.87. The van der Waals surface area contributed by atoms with Crippen molar-refractivity contribution in [3.8, 4) is 0 Å². The van der Waals surface area contributed by atoms with Gasteiger partial charge in [-0.05, 0) is 18.6 Å². The van der Waals surface area contributed by atoms with Gasteiger partial charge in [-0.1, -0.05) is 17.7 Å². The third-order valence-electron chi connectivity index (χ3n) is 2.08. The fourth-order valence-electron chi connectivity index (χ4n) is 1.24. The fourth-order valence-corrected chi connectivity index (χ4v) is 1.45. The van der Waals surface area contributed by atoms with Gasteiger partial charge in [0.05, 0.1) is 16.3 Å². The van der Waals surface area contributed by atoms with Gasteiger partial charge in [0.2, 0.25) is 0 Å². The number of hydrogen-bond donors (Lipinski definition) is 2. The molecule has 0 spiro atoms. The molecular formula is C11H15ClN2O2. The highest BCUT2D eigenvalue weighted by atomic mass is 35.5. The van der Waals surface area contributed by atoms with E-state index in [0.717, 1.165) is 6.42 Å². The molecule has 0 bridgehead atoms. The van der Waals surface area contributed by atoms with Crippen molar-refractivity contribution < 1.29 is 9.53 Å². The molecular weight excluding hydrogens is 228 g/mol. The fraction of sp³-hybridized carbons (Fsp3) is 0.364. The Labute approximate surface area is 99.7 Å². The first-order valence-electron chi connectivity index (χ1n) is 4.98. The predicted molar refractivity (Wildman–Crippen MR) is 64.7 cm³/mol. The molecule has 0 saturated heterocycles. The number of benzene rings is 1. The number of amides is 1. The van der Waals surface area contributed by atoms with Gasteiger partial charge in [0, 0.05) is 20.3 Å². The summed E-state index contributed by atoms with van der Waals surface area (Å²) >= 11 is 5.92. The lowest BCUT2D eigenvalue weighted by Crippen LogP contribution is -2.25. The van der Waals surface area contributed by atoms with Crippen molar-refractivity contribution in [2.45, 2.75) is 6.42 Å². The number of halogens is 1. The molecule has 1 aromatic carbocycles. The van der Waals surface area contributed by atoms with E-state index in [4.69, 9.17) is 22.1 Å². The Morgan fingerprint density at radius 1 is 1.56 bits per heavy atom. The van der Waals surface area contributed by atoms with Crippen LogP contribution in [-0.2, 0) is 4.74 Å². The van der Waals surface area contributed by atoms with E-state index in [-0.39, 0.29) is 5.91 Å². The summed E-state index contributed by atoms with van der Waals surface area (Å²) in [5.74, 6) is -0.214. The topological polar surface area (TPSA) is 64.3 Å². The Morgan fingerprint density at radius 3 is 3.00 bits per heavy atom. The number of rotatable bonds is 5. The van der Waals surface area contributed by atoms with E-state index < -0.39 is 0 Å². The summed E-state index contributed by atoms with van der Waals surface area (Å²) in [5.41, 5.74) is 6.41. The summed E-state index contributed by atoms with van der Waals surface area (Å²) in [6, 6.07) is 5.00. The molecule has 0 fully saturated rings. The molecule has 5 heteroatoms. The maximum Gasteiger partial charge on any atom is 0.252 e. The molecule has 0 atom stereocenters. The van der Waals surface area contributed by atoms with Crippen LogP contribution in [0.2, 0.25) is 5.02 Å². The molecule has 0 aliphatic carbocycles. The molecule has 0 radical (unpaired) electrons. The van der Waals surface area contributed by atoms with Crippen LogP contribution in [0.4, 0.5) is 5.69 Å². The lowest BCUT2D eigenvalue weighted by molar-refractivity contribution is 0.0949. The van der Waals surface area contributed by atoms with Crippen molar-refractivity contribution in [2.75, 3.05) is 26.0 Å². The minimum atomic E-state index is -0.214. The highest BCUT2D eigenvalue weighted by Gasteiger charge is 2.10. The van der Waals surface area contributed by atoms with Crippen LogP contribution >= 0.6 is 11.6 Å². The molecule has 1 rings (SSSR count). The van der Waals surface area contributed by atoms with Crippen molar-refractivity contribution >= 4 is 23.2 Å². The number of ether oxygens (including phenoxy) is 1. The summed E-state index contributed by atoms with van der Waals surface area (Å²) in [6.07, 6.45) is 0.766. The summed E-state index contributed by atoms with van der Waals surface area (Å²) in [6.45, 7) is 1.17. The Bertz CT molecular complexity index is 369. The molecule has 1 aromatic rings. The number of methoxy groups -OCH3 is 1. The molecule has 3 N–H and O–H groups in total. The Balaban J connectivity index is 2.56. The monoisotopic (exact) mass is 242 g/mol. The lowest BCUT2D eigenvalue weighted by atomic mass is 10.2. The molecule has 0 saturated carbocycles. The van der Waals surface area contributed by atoms with E-state index >= 15 is 0 Å². The van der Waals surface area contributed by atoms with E-state index in [9.17, 15) is 4.79 Å². The Kier molecular flexibility index (Phi) is 5.08. The van der Waals surface area contributed by atoms with Crippen molar-refractivity contribution in [1.82, 2.24) is 5.32 Å². The van der Waals surface area contributed by atoms with Crippen LogP contribution in [-0.4, -0.2) is 26.2 Å². The molecule has 4 nitrogen and oxygen atoms in total. The van der Waals surface area contributed by atoms with Crippen LogP contribution in [0.15, 0.2) is 18.2 Å². The number of carbonyl (C=O) groups excluding carboxylic acids is 1. The van der Waals surface area contributed by atoms with Gasteiger partial charge < -0.3 is 15.8 Å². The van der Waals surface area contributed by atoms with Crippen LogP contribution in [0.1, 0.15) is 16.8 Å². The van der Waals surface area contributed by atoms with Crippen molar-refractivity contribution in [2.24, 2.45) is 0 Å². The number of nitrogens with two attached hydrogens (primary N) is 1. The highest BCUT2D eigenvalue weighted by Crippen LogP contribution is 2.22. The second-order valence-corrected chi connectivity index (χ2v) is 3.69. The molecule has 88 valence electrons. The van der Waals surface area contributed by atoms with Gasteiger partial charge in [-0.25, -0.2) is 0 Å². The quantitative estimate of drug-likeness (QED) is 0.610. The number of nitrogen functional groups attached to an aromatic ring is 1. The Morgan fingerprint density at radius 2 is 2.31 bits per heavy atom. The van der Waals surface area contributed by atoms with E-state index in [2.05, 4.69) is 5.32 Å². The second kappa shape index (κ2) is 6.35. The summed E-state index contributed by atoms with van der Waals surface area (Å²) in [4.78, 5) is 11.7. The molecule has 0 aromatic heterocycles. The molecule has 1 amide bonds. The minimum absolute atomic E-state index is 0.214. The summed E-state index contributed by atoms with van der Waals surface area (Å²) in [5, 5.41) is 3.04. The standard InChI is InChI=1S/C11H15ClN2O2/c1-16-7-3-6-14-11(15)8-4-2-5-9(13)10(8)12/h2,4-5H,3,6-7,13H2,1H3,(H,14,15). The first kappa shape index (κ1) is 12.8. The van der Waals surface area contributed by atoms with Crippen LogP contribution in [0.3, 0.4) is 0 Å². The minimum Gasteiger partial charge on any atom is -0.398 e. The van der Waals surface area contributed by atoms with Crippen molar-refractivity contribution in [1.29, 1.82) is 0 Å². The molecule has 0 unspecified atom stereocenters. The summed E-state index contributed by atoms with van der Waals surface area (Å²) in [7, 11) is 1.62. The van der Waals surface area contributed by atoms with E-state index in [1.54, 1.807) is 25.3 Å². The van der Waals surface area contributed by atoms with Gasteiger partial charge in [-0.2, -0.15) is 0 Å². The van der Waals surface area contributed by atoms with Crippen LogP contribution < -0.4 is 11.1 Å². The number of nitrogens with one attached hydrogen (secondary N) is 1. The van der Waals surface area contributed by atoms with Gasteiger partial charge in [-0.15, -0.1) is 0 Å². The smallest absolute Gasteiger partial charge is 0.252 e. The lowest BCUT2D eigenvalue weighted by Gasteiger charge is -2.07. The normalized spacial score (nSPS) is 10.1. The number of anilines is 1. The van der Waals surface area contributed by atoms with Crippen LogP contribution in [0.5, 0.6) is 0 Å². The SMILES string of the molecule is COCCCNC(=O)c1cccc(N)c1Cl. The third-order valence-corrected chi connectivity index (χ3v) is 2.51. The number of hydrogen-bond acceptors (Lipinski definition) is 3. The zero-order chi connectivity index (χ0) is 12.0. The van der Waals surface area contributed by atoms with E-state index in [0.29, 0.717) is 29.4 Å². The van der Waals surface area contributed by atoms with Gasteiger partial charge in [0.15, 0.2) is 0 Å². The predicted octanol–water partition coefficient (Wildman–Crippen LogP) is 1.69. The largest absolute Gasteiger partial charge is 0.398 e. The number of carbonyl (C=O) groups is 1.